The summed E-state index contributed by atoms with van der Waals surface area (Å²) in [7, 11) is -9.97. The fourth-order valence-corrected chi connectivity index (χ4v) is 11.6. The van der Waals surface area contributed by atoms with Gasteiger partial charge in [0.15, 0.2) is 12.2 Å². The number of ether oxygens (including phenoxy) is 4. The molecule has 5 unspecified atom stereocenters. The number of hydrogen-bond acceptors (Lipinski definition) is 15. The molecule has 19 heteroatoms. The van der Waals surface area contributed by atoms with Crippen LogP contribution in [0, 0.1) is 0 Å². The van der Waals surface area contributed by atoms with Crippen molar-refractivity contribution in [3.8, 4) is 0 Å². The average Bonchev–Trinajstić information content (AvgIpc) is 0.988. The summed E-state index contributed by atoms with van der Waals surface area (Å²) in [6.07, 6.45) is 79.0. The quantitative estimate of drug-likeness (QED) is 0.0169. The molecule has 0 aromatic carbocycles. The summed E-state index contributed by atoms with van der Waals surface area (Å²) in [5.41, 5.74) is 0. The van der Waals surface area contributed by atoms with Gasteiger partial charge >= 0.3 is 39.5 Å². The van der Waals surface area contributed by atoms with Crippen LogP contribution in [0.15, 0.2) is 122 Å². The van der Waals surface area contributed by atoms with Crippen LogP contribution in [0.25, 0.3) is 0 Å². The maximum absolute atomic E-state index is 13.1. The van der Waals surface area contributed by atoms with Crippen LogP contribution in [0.1, 0.15) is 310 Å². The van der Waals surface area contributed by atoms with E-state index in [4.69, 9.17) is 37.0 Å². The molecule has 0 aromatic rings. The first-order valence-corrected chi connectivity index (χ1v) is 41.8. The van der Waals surface area contributed by atoms with Gasteiger partial charge in [0.2, 0.25) is 0 Å². The van der Waals surface area contributed by atoms with Crippen molar-refractivity contribution < 1.29 is 80.2 Å². The second-order valence-corrected chi connectivity index (χ2v) is 28.4. The van der Waals surface area contributed by atoms with Gasteiger partial charge in [0.25, 0.3) is 0 Å². The smallest absolute Gasteiger partial charge is 0.462 e. The molecule has 0 spiro atoms. The van der Waals surface area contributed by atoms with E-state index >= 15 is 0 Å². The highest BCUT2D eigenvalue weighted by Crippen LogP contribution is 2.45. The fourth-order valence-electron chi connectivity index (χ4n) is 10.0. The van der Waals surface area contributed by atoms with E-state index < -0.39 is 97.5 Å². The maximum atomic E-state index is 13.1. The second kappa shape index (κ2) is 72.8. The Hall–Kier alpha value is -4.54. The van der Waals surface area contributed by atoms with E-state index in [1.807, 2.05) is 0 Å². The summed E-state index contributed by atoms with van der Waals surface area (Å²) < 4.78 is 68.5. The molecule has 0 aliphatic carbocycles. The Kier molecular flexibility index (Phi) is 69.5. The second-order valence-electron chi connectivity index (χ2n) is 25.5. The van der Waals surface area contributed by atoms with Crippen LogP contribution < -0.4 is 0 Å². The molecule has 0 amide bonds. The lowest BCUT2D eigenvalue weighted by Crippen LogP contribution is -2.30. The first-order valence-electron chi connectivity index (χ1n) is 38.8. The molecule has 100 heavy (non-hydrogen) atoms. The summed E-state index contributed by atoms with van der Waals surface area (Å²) in [6, 6.07) is 0. The first kappa shape index (κ1) is 95.5. The molecule has 0 aromatic heterocycles. The zero-order chi connectivity index (χ0) is 73.2. The number of rotatable bonds is 72. The molecule has 0 saturated heterocycles. The Morgan fingerprint density at radius 2 is 0.540 bits per heavy atom. The van der Waals surface area contributed by atoms with Gasteiger partial charge in [0.05, 0.1) is 26.4 Å². The molecule has 0 radical (unpaired) electrons. The van der Waals surface area contributed by atoms with Crippen molar-refractivity contribution in [1.82, 2.24) is 0 Å². The normalized spacial score (nSPS) is 14.6. The van der Waals surface area contributed by atoms with Crippen molar-refractivity contribution >= 4 is 39.5 Å². The summed E-state index contributed by atoms with van der Waals surface area (Å²) >= 11 is 0. The van der Waals surface area contributed by atoms with Crippen molar-refractivity contribution in [2.75, 3.05) is 39.6 Å². The average molecular weight is 1450 g/mol. The number of hydrogen-bond donors (Lipinski definition) is 3. The van der Waals surface area contributed by atoms with Crippen LogP contribution >= 0.6 is 15.6 Å². The molecule has 17 nitrogen and oxygen atoms in total. The number of aliphatic hydroxyl groups is 1. The number of allylic oxidation sites excluding steroid dienone is 20. The van der Waals surface area contributed by atoms with E-state index in [1.165, 1.54) is 38.5 Å². The van der Waals surface area contributed by atoms with Gasteiger partial charge < -0.3 is 33.8 Å². The molecule has 3 N–H and O–H groups in total. The third kappa shape index (κ3) is 71.8. The van der Waals surface area contributed by atoms with Gasteiger partial charge in [-0.15, -0.1) is 0 Å². The Balaban J connectivity index is 5.39. The van der Waals surface area contributed by atoms with E-state index in [1.54, 1.807) is 0 Å². The number of carbonyl (C=O) groups is 4. The van der Waals surface area contributed by atoms with Gasteiger partial charge in [0, 0.05) is 25.7 Å². The van der Waals surface area contributed by atoms with E-state index in [-0.39, 0.29) is 25.7 Å². The number of phosphoric ester groups is 2. The highest BCUT2D eigenvalue weighted by atomic mass is 31.2. The lowest BCUT2D eigenvalue weighted by atomic mass is 10.1. The van der Waals surface area contributed by atoms with Crippen molar-refractivity contribution in [1.29, 1.82) is 0 Å². The standard InChI is InChI=1S/C81H138O17P2/c1-5-9-13-17-21-25-29-33-36-37-40-43-46-50-54-58-62-66-79(84)92-71-76(97-80(85)67-63-59-55-51-47-41-32-28-24-20-16-12-8-4)73-95-99(87,88)93-69-75(82)70-94-100(89,90)96-74-77(98-81(86)68-64-60-56-52-48-44-39-35-31-27-23-19-15-11-7-3)72-91-78(83)65-61-57-53-49-45-42-38-34-30-26-22-18-14-10-6-2/h9-10,13-14,16,20-22,25-26,28,32-36,38-39,45,49,75-77,82H,5-8,11-12,15,17-19,23-24,27,29-31,37,40-44,46-48,50-74H2,1-4H3,(H,87,88)(H,89,90)/b13-9-,14-10-,20-16-,25-21-,26-22-,32-28-,36-33-,38-34-,39-35-,49-45-. The van der Waals surface area contributed by atoms with Crippen molar-refractivity contribution in [2.24, 2.45) is 0 Å². The number of aliphatic hydroxyl groups excluding tert-OH is 1. The SMILES string of the molecule is CC/C=C\C/C=C\C/C=C\C/C=C\CCCCC(=O)OCC(COP(=O)(O)OCC(O)COP(=O)(O)OCC(COC(=O)CCCCCCCCC/C=C\C/C=C\C/C=C\CC)OC(=O)CCCCCCC/C=C\C/C=C\CCC)OC(=O)CCCCCCC/C=C\CCCCCCCC. The van der Waals surface area contributed by atoms with Crippen LogP contribution in [0.5, 0.6) is 0 Å². The first-order chi connectivity index (χ1) is 48.7. The van der Waals surface area contributed by atoms with E-state index in [0.717, 1.165) is 193 Å². The maximum Gasteiger partial charge on any atom is 0.472 e. The van der Waals surface area contributed by atoms with Crippen molar-refractivity contribution in [3.05, 3.63) is 122 Å². The number of esters is 4. The molecule has 5 atom stereocenters. The molecule has 0 saturated carbocycles. The third-order valence-electron chi connectivity index (χ3n) is 15.9. The number of carbonyl (C=O) groups excluding carboxylic acids is 4. The molecule has 0 bridgehead atoms. The molecule has 0 fully saturated rings. The minimum Gasteiger partial charge on any atom is -0.462 e. The topological polar surface area (TPSA) is 237 Å². The van der Waals surface area contributed by atoms with Gasteiger partial charge in [-0.25, -0.2) is 9.13 Å². The van der Waals surface area contributed by atoms with E-state index in [0.29, 0.717) is 25.7 Å². The summed E-state index contributed by atoms with van der Waals surface area (Å²) in [5, 5.41) is 10.6. The van der Waals surface area contributed by atoms with Crippen molar-refractivity contribution in [2.45, 2.75) is 329 Å². The summed E-state index contributed by atoms with van der Waals surface area (Å²) in [6.45, 7) is 4.51. The van der Waals surface area contributed by atoms with E-state index in [9.17, 15) is 43.2 Å². The fraction of sp³-hybridized carbons (Fsp3) is 0.704. The molecular weight excluding hydrogens is 1310 g/mol. The Morgan fingerprint density at radius 3 is 0.870 bits per heavy atom. The van der Waals surface area contributed by atoms with Gasteiger partial charge in [-0.1, -0.05) is 258 Å². The number of phosphoric acid groups is 2. The monoisotopic (exact) mass is 1440 g/mol. The van der Waals surface area contributed by atoms with Crippen LogP contribution in [0.4, 0.5) is 0 Å². The minimum atomic E-state index is -4.99. The van der Waals surface area contributed by atoms with Gasteiger partial charge in [0.1, 0.15) is 19.3 Å². The predicted molar refractivity (Wildman–Crippen MR) is 408 cm³/mol. The van der Waals surface area contributed by atoms with E-state index in [2.05, 4.69) is 149 Å². The summed E-state index contributed by atoms with van der Waals surface area (Å²) in [4.78, 5) is 72.9. The number of unbranched alkanes of at least 4 members (excludes halogenated alkanes) is 26. The van der Waals surface area contributed by atoms with Crippen LogP contribution in [-0.2, 0) is 65.4 Å². The molecule has 0 aliphatic rings. The Bertz CT molecular complexity index is 2370. The molecule has 574 valence electrons. The highest BCUT2D eigenvalue weighted by molar-refractivity contribution is 7.47. The Morgan fingerprint density at radius 1 is 0.290 bits per heavy atom. The molecular formula is C81H138O17P2. The Labute approximate surface area is 606 Å². The van der Waals surface area contributed by atoms with Crippen molar-refractivity contribution in [3.63, 3.8) is 0 Å². The molecule has 0 rings (SSSR count). The zero-order valence-electron chi connectivity index (χ0n) is 62.6. The third-order valence-corrected chi connectivity index (χ3v) is 17.8. The lowest BCUT2D eigenvalue weighted by molar-refractivity contribution is -0.161. The molecule has 0 aliphatic heterocycles. The molecule has 0 heterocycles. The lowest BCUT2D eigenvalue weighted by Gasteiger charge is -2.21. The van der Waals surface area contributed by atoms with Gasteiger partial charge in [-0.05, 0) is 148 Å². The predicted octanol–water partition coefficient (Wildman–Crippen LogP) is 22.3. The minimum absolute atomic E-state index is 0.0735. The van der Waals surface area contributed by atoms with Gasteiger partial charge in [-0.3, -0.25) is 37.3 Å². The largest absolute Gasteiger partial charge is 0.472 e. The van der Waals surface area contributed by atoms with Crippen LogP contribution in [0.3, 0.4) is 0 Å². The van der Waals surface area contributed by atoms with Crippen LogP contribution in [-0.4, -0.2) is 96.7 Å². The summed E-state index contributed by atoms with van der Waals surface area (Å²) in [5.74, 6) is -2.25. The highest BCUT2D eigenvalue weighted by Gasteiger charge is 2.30. The zero-order valence-corrected chi connectivity index (χ0v) is 64.4. The van der Waals surface area contributed by atoms with Gasteiger partial charge in [-0.2, -0.15) is 0 Å². The van der Waals surface area contributed by atoms with Crippen LogP contribution in [0.2, 0.25) is 0 Å².